The normalized spacial score (nSPS) is 16.7. The van der Waals surface area contributed by atoms with Gasteiger partial charge in [0.2, 0.25) is 5.91 Å². The Hall–Kier alpha value is -2.98. The van der Waals surface area contributed by atoms with E-state index in [1.165, 1.54) is 31.0 Å². The molecule has 4 nitrogen and oxygen atoms in total. The number of piperidine rings is 1. The summed E-state index contributed by atoms with van der Waals surface area (Å²) in [5.74, 6) is 1.15. The fourth-order valence-electron chi connectivity index (χ4n) is 3.77. The number of furan rings is 1. The van der Waals surface area contributed by atoms with Gasteiger partial charge in [-0.3, -0.25) is 4.79 Å². The molecule has 1 amide bonds. The van der Waals surface area contributed by atoms with E-state index in [-0.39, 0.29) is 5.91 Å². The first-order valence-corrected chi connectivity index (χ1v) is 10.7. The van der Waals surface area contributed by atoms with Crippen molar-refractivity contribution in [3.05, 3.63) is 77.5 Å². The highest BCUT2D eigenvalue weighted by molar-refractivity contribution is 6.30. The molecule has 1 aromatic heterocycles. The van der Waals surface area contributed by atoms with Gasteiger partial charge in [0.25, 0.3) is 0 Å². The molecule has 0 radical (unpaired) electrons. The predicted molar refractivity (Wildman–Crippen MR) is 124 cm³/mol. The Bertz CT molecular complexity index is 1020. The first kappa shape index (κ1) is 20.3. The number of hydrogen-bond donors (Lipinski definition) is 1. The van der Waals surface area contributed by atoms with Crippen LogP contribution in [0.3, 0.4) is 0 Å². The molecule has 1 fully saturated rings. The van der Waals surface area contributed by atoms with E-state index in [2.05, 4.69) is 29.3 Å². The highest BCUT2D eigenvalue weighted by Crippen LogP contribution is 2.26. The number of carbonyl (C=O) groups is 1. The van der Waals surface area contributed by atoms with E-state index in [1.807, 2.05) is 48.5 Å². The zero-order chi connectivity index (χ0) is 20.9. The Balaban J connectivity index is 1.35. The average Bonchev–Trinajstić information content (AvgIpc) is 3.23. The van der Waals surface area contributed by atoms with Crippen molar-refractivity contribution in [1.82, 2.24) is 0 Å². The molecule has 0 saturated carbocycles. The Morgan fingerprint density at radius 3 is 2.57 bits per heavy atom. The number of carbonyl (C=O) groups excluding carboxylic acids is 1. The van der Waals surface area contributed by atoms with Crippen LogP contribution in [0.4, 0.5) is 11.4 Å². The van der Waals surface area contributed by atoms with Crippen LogP contribution in [-0.4, -0.2) is 18.5 Å². The van der Waals surface area contributed by atoms with Crippen LogP contribution in [-0.2, 0) is 4.79 Å². The predicted octanol–water partition coefficient (Wildman–Crippen LogP) is 6.63. The SMILES string of the molecule is C[C@H]1CCCCN1c1ccc(NC(=O)/C=C/c2ccc(-c3ccc(Cl)cc3)o2)cc1. The maximum Gasteiger partial charge on any atom is 0.248 e. The van der Waals surface area contributed by atoms with Gasteiger partial charge in [-0.2, -0.15) is 0 Å². The van der Waals surface area contributed by atoms with Gasteiger partial charge in [-0.25, -0.2) is 0 Å². The van der Waals surface area contributed by atoms with Crippen LogP contribution in [0.25, 0.3) is 17.4 Å². The second-order valence-electron chi connectivity index (χ2n) is 7.62. The first-order valence-electron chi connectivity index (χ1n) is 10.3. The molecule has 30 heavy (non-hydrogen) atoms. The molecule has 4 rings (SSSR count). The highest BCUT2D eigenvalue weighted by atomic mass is 35.5. The van der Waals surface area contributed by atoms with Crippen LogP contribution >= 0.6 is 11.6 Å². The Kier molecular flexibility index (Phi) is 6.24. The number of halogens is 1. The van der Waals surface area contributed by atoms with Gasteiger partial charge in [0.05, 0.1) is 0 Å². The third-order valence-corrected chi connectivity index (χ3v) is 5.68. The average molecular weight is 421 g/mol. The van der Waals surface area contributed by atoms with Gasteiger partial charge in [0, 0.05) is 40.6 Å². The summed E-state index contributed by atoms with van der Waals surface area (Å²) in [5.41, 5.74) is 2.92. The van der Waals surface area contributed by atoms with Gasteiger partial charge >= 0.3 is 0 Å². The Labute approximate surface area is 182 Å². The minimum atomic E-state index is -0.196. The molecule has 0 aliphatic carbocycles. The number of nitrogens with one attached hydrogen (secondary N) is 1. The zero-order valence-electron chi connectivity index (χ0n) is 17.0. The number of rotatable bonds is 5. The van der Waals surface area contributed by atoms with Crippen LogP contribution in [0, 0.1) is 0 Å². The lowest BCUT2D eigenvalue weighted by molar-refractivity contribution is -0.111. The topological polar surface area (TPSA) is 45.5 Å². The molecule has 0 bridgehead atoms. The lowest BCUT2D eigenvalue weighted by atomic mass is 10.0. The number of nitrogens with zero attached hydrogens (tertiary/aromatic N) is 1. The fourth-order valence-corrected chi connectivity index (χ4v) is 3.90. The summed E-state index contributed by atoms with van der Waals surface area (Å²) in [6.45, 7) is 3.36. The Morgan fingerprint density at radius 2 is 1.83 bits per heavy atom. The Morgan fingerprint density at radius 1 is 1.07 bits per heavy atom. The number of benzene rings is 2. The van der Waals surface area contributed by atoms with Gasteiger partial charge in [0.1, 0.15) is 11.5 Å². The maximum atomic E-state index is 12.3. The van der Waals surface area contributed by atoms with Crippen molar-refractivity contribution in [3.8, 4) is 11.3 Å². The van der Waals surface area contributed by atoms with Crippen molar-refractivity contribution in [2.75, 3.05) is 16.8 Å². The van der Waals surface area contributed by atoms with E-state index in [0.29, 0.717) is 16.8 Å². The number of amides is 1. The standard InChI is InChI=1S/C25H25ClN2O2/c1-18-4-2-3-17-28(18)22-11-9-21(10-12-22)27-25(29)16-14-23-13-15-24(30-23)19-5-7-20(26)8-6-19/h5-16,18H,2-4,17H2,1H3,(H,27,29)/b16-14+/t18-/m0/s1. The van der Waals surface area contributed by atoms with Crippen molar-refractivity contribution in [2.45, 2.75) is 32.2 Å². The molecule has 2 aromatic carbocycles. The minimum absolute atomic E-state index is 0.196. The molecular formula is C25H25ClN2O2. The van der Waals surface area contributed by atoms with Crippen LogP contribution in [0.5, 0.6) is 0 Å². The molecule has 1 N–H and O–H groups in total. The highest BCUT2D eigenvalue weighted by Gasteiger charge is 2.18. The maximum absolute atomic E-state index is 12.3. The summed E-state index contributed by atoms with van der Waals surface area (Å²) < 4.78 is 5.79. The fraction of sp³-hybridized carbons (Fsp3) is 0.240. The second kappa shape index (κ2) is 9.23. The molecule has 5 heteroatoms. The van der Waals surface area contributed by atoms with Gasteiger partial charge in [-0.1, -0.05) is 11.6 Å². The third kappa shape index (κ3) is 4.95. The van der Waals surface area contributed by atoms with Gasteiger partial charge in [-0.15, -0.1) is 0 Å². The van der Waals surface area contributed by atoms with Crippen molar-refractivity contribution < 1.29 is 9.21 Å². The van der Waals surface area contributed by atoms with Crippen LogP contribution in [0.15, 0.2) is 71.2 Å². The van der Waals surface area contributed by atoms with Gasteiger partial charge in [-0.05, 0) is 92.9 Å². The van der Waals surface area contributed by atoms with E-state index >= 15 is 0 Å². The molecular weight excluding hydrogens is 396 g/mol. The van der Waals surface area contributed by atoms with Gasteiger partial charge < -0.3 is 14.6 Å². The van der Waals surface area contributed by atoms with E-state index in [0.717, 1.165) is 23.6 Å². The zero-order valence-corrected chi connectivity index (χ0v) is 17.7. The van der Waals surface area contributed by atoms with Crippen LogP contribution in [0.2, 0.25) is 5.02 Å². The molecule has 1 aliphatic rings. The van der Waals surface area contributed by atoms with Crippen molar-refractivity contribution in [3.63, 3.8) is 0 Å². The number of hydrogen-bond acceptors (Lipinski definition) is 3. The summed E-state index contributed by atoms with van der Waals surface area (Å²) in [6, 6.07) is 19.8. The molecule has 0 unspecified atom stereocenters. The third-order valence-electron chi connectivity index (χ3n) is 5.42. The minimum Gasteiger partial charge on any atom is -0.457 e. The summed E-state index contributed by atoms with van der Waals surface area (Å²) in [6.07, 6.45) is 6.91. The summed E-state index contributed by atoms with van der Waals surface area (Å²) in [4.78, 5) is 14.7. The van der Waals surface area contributed by atoms with Crippen molar-refractivity contribution >= 4 is 35.0 Å². The van der Waals surface area contributed by atoms with Gasteiger partial charge in [0.15, 0.2) is 0 Å². The lowest BCUT2D eigenvalue weighted by Gasteiger charge is -2.35. The smallest absolute Gasteiger partial charge is 0.248 e. The van der Waals surface area contributed by atoms with E-state index in [1.54, 1.807) is 6.08 Å². The molecule has 2 heterocycles. The number of anilines is 2. The molecule has 1 saturated heterocycles. The quantitative estimate of drug-likeness (QED) is 0.471. The van der Waals surface area contributed by atoms with Crippen LogP contribution in [0.1, 0.15) is 31.9 Å². The summed E-state index contributed by atoms with van der Waals surface area (Å²) in [7, 11) is 0. The van der Waals surface area contributed by atoms with Crippen molar-refractivity contribution in [1.29, 1.82) is 0 Å². The molecule has 1 aliphatic heterocycles. The summed E-state index contributed by atoms with van der Waals surface area (Å²) >= 11 is 5.92. The molecule has 0 spiro atoms. The second-order valence-corrected chi connectivity index (χ2v) is 8.05. The van der Waals surface area contributed by atoms with Crippen LogP contribution < -0.4 is 10.2 Å². The largest absolute Gasteiger partial charge is 0.457 e. The monoisotopic (exact) mass is 420 g/mol. The van der Waals surface area contributed by atoms with E-state index < -0.39 is 0 Å². The molecule has 154 valence electrons. The summed E-state index contributed by atoms with van der Waals surface area (Å²) in [5, 5.41) is 3.58. The first-order chi connectivity index (χ1) is 14.6. The molecule has 1 atom stereocenters. The van der Waals surface area contributed by atoms with E-state index in [4.69, 9.17) is 16.0 Å². The van der Waals surface area contributed by atoms with Crippen molar-refractivity contribution in [2.24, 2.45) is 0 Å². The molecule has 3 aromatic rings. The lowest BCUT2D eigenvalue weighted by Crippen LogP contribution is -2.37. The van der Waals surface area contributed by atoms with E-state index in [9.17, 15) is 4.79 Å².